The van der Waals surface area contributed by atoms with E-state index in [1.807, 2.05) is 0 Å². The highest BCUT2D eigenvalue weighted by Crippen LogP contribution is 2.33. The minimum atomic E-state index is -0.404. The van der Waals surface area contributed by atoms with Gasteiger partial charge in [0.15, 0.2) is 0 Å². The molecule has 0 unspecified atom stereocenters. The van der Waals surface area contributed by atoms with Gasteiger partial charge in [0.1, 0.15) is 11.6 Å². The van der Waals surface area contributed by atoms with E-state index in [2.05, 4.69) is 5.32 Å². The average molecular weight is 252 g/mol. The summed E-state index contributed by atoms with van der Waals surface area (Å²) in [6, 6.07) is 3.99. The largest absolute Gasteiger partial charge is 0.494 e. The van der Waals surface area contributed by atoms with Gasteiger partial charge in [-0.1, -0.05) is 0 Å². The summed E-state index contributed by atoms with van der Waals surface area (Å²) in [5.41, 5.74) is 6.10. The first-order valence-corrected chi connectivity index (χ1v) is 5.95. The van der Waals surface area contributed by atoms with E-state index in [9.17, 15) is 9.18 Å². The van der Waals surface area contributed by atoms with E-state index in [0.717, 1.165) is 19.3 Å². The highest BCUT2D eigenvalue weighted by atomic mass is 19.1. The number of amides is 1. The van der Waals surface area contributed by atoms with E-state index in [4.69, 9.17) is 10.5 Å². The fourth-order valence-electron chi connectivity index (χ4n) is 2.09. The van der Waals surface area contributed by atoms with Gasteiger partial charge in [-0.2, -0.15) is 0 Å². The van der Waals surface area contributed by atoms with Crippen LogP contribution in [0.3, 0.4) is 0 Å². The molecule has 0 bridgehead atoms. The molecular weight excluding hydrogens is 235 g/mol. The summed E-state index contributed by atoms with van der Waals surface area (Å²) >= 11 is 0. The lowest BCUT2D eigenvalue weighted by Crippen LogP contribution is -2.48. The lowest BCUT2D eigenvalue weighted by atomic mass is 9.75. The van der Waals surface area contributed by atoms with Crippen molar-refractivity contribution in [1.82, 2.24) is 0 Å². The maximum atomic E-state index is 13.0. The number of ether oxygens (including phenoxy) is 1. The van der Waals surface area contributed by atoms with Crippen LogP contribution in [0, 0.1) is 5.82 Å². The van der Waals surface area contributed by atoms with Crippen LogP contribution in [0.4, 0.5) is 10.1 Å². The predicted molar refractivity (Wildman–Crippen MR) is 67.0 cm³/mol. The zero-order valence-corrected chi connectivity index (χ0v) is 10.3. The zero-order valence-electron chi connectivity index (χ0n) is 10.3. The molecule has 1 fully saturated rings. The molecule has 98 valence electrons. The van der Waals surface area contributed by atoms with Crippen molar-refractivity contribution in [2.75, 3.05) is 12.4 Å². The Morgan fingerprint density at radius 1 is 1.56 bits per heavy atom. The number of halogens is 1. The Hall–Kier alpha value is -1.62. The monoisotopic (exact) mass is 252 g/mol. The number of hydrogen-bond donors (Lipinski definition) is 2. The van der Waals surface area contributed by atoms with Gasteiger partial charge in [-0.15, -0.1) is 0 Å². The van der Waals surface area contributed by atoms with Crippen molar-refractivity contribution in [3.63, 3.8) is 0 Å². The number of rotatable bonds is 4. The van der Waals surface area contributed by atoms with Crippen molar-refractivity contribution < 1.29 is 13.9 Å². The molecule has 1 aromatic rings. The van der Waals surface area contributed by atoms with Crippen LogP contribution in [0.15, 0.2) is 18.2 Å². The number of nitrogens with two attached hydrogens (primary N) is 1. The van der Waals surface area contributed by atoms with Crippen LogP contribution in [0.5, 0.6) is 5.75 Å². The molecule has 5 heteroatoms. The second-order valence-electron chi connectivity index (χ2n) is 4.79. The highest BCUT2D eigenvalue weighted by Gasteiger charge is 2.34. The third kappa shape index (κ3) is 2.79. The number of methoxy groups -OCH3 is 1. The zero-order chi connectivity index (χ0) is 13.2. The molecule has 3 N–H and O–H groups in total. The summed E-state index contributed by atoms with van der Waals surface area (Å²) in [6.07, 6.45) is 3.11. The Bertz CT molecular complexity index is 458. The Balaban J connectivity index is 2.02. The summed E-state index contributed by atoms with van der Waals surface area (Å²) in [5, 5.41) is 2.70. The number of hydrogen-bond acceptors (Lipinski definition) is 3. The van der Waals surface area contributed by atoms with Crippen LogP contribution < -0.4 is 15.8 Å². The van der Waals surface area contributed by atoms with Crippen molar-refractivity contribution in [3.8, 4) is 5.75 Å². The van der Waals surface area contributed by atoms with E-state index in [1.165, 1.54) is 25.3 Å². The Labute approximate surface area is 105 Å². The number of anilines is 1. The molecule has 0 radical (unpaired) electrons. The third-order valence-corrected chi connectivity index (χ3v) is 3.30. The van der Waals surface area contributed by atoms with Crippen molar-refractivity contribution in [2.45, 2.75) is 31.2 Å². The van der Waals surface area contributed by atoms with Gasteiger partial charge in [-0.05, 0) is 31.4 Å². The smallest absolute Gasteiger partial charge is 0.226 e. The lowest BCUT2D eigenvalue weighted by molar-refractivity contribution is -0.118. The van der Waals surface area contributed by atoms with E-state index < -0.39 is 5.82 Å². The first-order chi connectivity index (χ1) is 8.52. The molecule has 1 aliphatic rings. The molecule has 1 saturated carbocycles. The molecule has 0 spiro atoms. The van der Waals surface area contributed by atoms with Crippen LogP contribution in [0.2, 0.25) is 0 Å². The quantitative estimate of drug-likeness (QED) is 0.862. The minimum absolute atomic E-state index is 0.165. The normalized spacial score (nSPS) is 16.8. The topological polar surface area (TPSA) is 64.3 Å². The van der Waals surface area contributed by atoms with E-state index >= 15 is 0 Å². The fraction of sp³-hybridized carbons (Fsp3) is 0.462. The van der Waals surface area contributed by atoms with Gasteiger partial charge in [0, 0.05) is 18.0 Å². The van der Waals surface area contributed by atoms with Gasteiger partial charge < -0.3 is 15.8 Å². The van der Waals surface area contributed by atoms with Crippen molar-refractivity contribution in [2.24, 2.45) is 5.73 Å². The van der Waals surface area contributed by atoms with Crippen LogP contribution in [0.25, 0.3) is 0 Å². The first kappa shape index (κ1) is 12.8. The molecule has 0 heterocycles. The first-order valence-electron chi connectivity index (χ1n) is 5.95. The molecule has 1 aliphatic carbocycles. The van der Waals surface area contributed by atoms with E-state index in [-0.39, 0.29) is 17.9 Å². The van der Waals surface area contributed by atoms with Crippen LogP contribution in [0.1, 0.15) is 25.7 Å². The van der Waals surface area contributed by atoms with Crippen molar-refractivity contribution in [1.29, 1.82) is 0 Å². The SMILES string of the molecule is COc1cc(F)ccc1NC(=O)CC1(N)CCC1. The molecule has 18 heavy (non-hydrogen) atoms. The standard InChI is InChI=1S/C13H17FN2O2/c1-18-11-7-9(14)3-4-10(11)16-12(17)8-13(15)5-2-6-13/h3-4,7H,2,5-6,8,15H2,1H3,(H,16,17). The molecule has 1 aromatic carbocycles. The summed E-state index contributed by atoms with van der Waals surface area (Å²) < 4.78 is 18.0. The summed E-state index contributed by atoms with van der Waals surface area (Å²) in [7, 11) is 1.43. The molecule has 2 rings (SSSR count). The lowest BCUT2D eigenvalue weighted by Gasteiger charge is -2.37. The maximum Gasteiger partial charge on any atom is 0.226 e. The third-order valence-electron chi connectivity index (χ3n) is 3.30. The van der Waals surface area contributed by atoms with E-state index in [0.29, 0.717) is 11.4 Å². The van der Waals surface area contributed by atoms with Gasteiger partial charge >= 0.3 is 0 Å². The number of benzene rings is 1. The number of carbonyl (C=O) groups excluding carboxylic acids is 1. The van der Waals surface area contributed by atoms with Gasteiger partial charge in [0.25, 0.3) is 0 Å². The molecule has 1 amide bonds. The Kier molecular flexibility index (Phi) is 3.52. The van der Waals surface area contributed by atoms with Gasteiger partial charge in [-0.3, -0.25) is 4.79 Å². The average Bonchev–Trinajstić information content (AvgIpc) is 2.29. The van der Waals surface area contributed by atoms with Gasteiger partial charge in [0.2, 0.25) is 5.91 Å². The number of carbonyl (C=O) groups is 1. The number of nitrogens with one attached hydrogen (secondary N) is 1. The second-order valence-corrected chi connectivity index (χ2v) is 4.79. The molecule has 0 saturated heterocycles. The fourth-order valence-corrected chi connectivity index (χ4v) is 2.09. The van der Waals surface area contributed by atoms with E-state index in [1.54, 1.807) is 0 Å². The Morgan fingerprint density at radius 2 is 2.28 bits per heavy atom. The summed E-state index contributed by atoms with van der Waals surface area (Å²) in [4.78, 5) is 11.8. The Morgan fingerprint density at radius 3 is 2.83 bits per heavy atom. The molecule has 0 aliphatic heterocycles. The molecule has 0 atom stereocenters. The summed E-state index contributed by atoms with van der Waals surface area (Å²) in [5.74, 6) is -0.260. The molecular formula is C13H17FN2O2. The molecule has 4 nitrogen and oxygen atoms in total. The van der Waals surface area contributed by atoms with Gasteiger partial charge in [-0.25, -0.2) is 4.39 Å². The second kappa shape index (κ2) is 4.94. The maximum absolute atomic E-state index is 13.0. The van der Waals surface area contributed by atoms with Crippen LogP contribution in [-0.4, -0.2) is 18.6 Å². The highest BCUT2D eigenvalue weighted by molar-refractivity contribution is 5.93. The molecule has 0 aromatic heterocycles. The summed E-state index contributed by atoms with van der Waals surface area (Å²) in [6.45, 7) is 0. The minimum Gasteiger partial charge on any atom is -0.494 e. The predicted octanol–water partition coefficient (Wildman–Crippen LogP) is 2.04. The van der Waals surface area contributed by atoms with Gasteiger partial charge in [0.05, 0.1) is 12.8 Å². The van der Waals surface area contributed by atoms with Crippen molar-refractivity contribution >= 4 is 11.6 Å². The van der Waals surface area contributed by atoms with Crippen molar-refractivity contribution in [3.05, 3.63) is 24.0 Å². The van der Waals surface area contributed by atoms with Crippen LogP contribution in [-0.2, 0) is 4.79 Å². The van der Waals surface area contributed by atoms with Crippen LogP contribution >= 0.6 is 0 Å².